The topological polar surface area (TPSA) is 51.4 Å². The molecule has 5 nitrogen and oxygen atoms in total. The molecule has 0 unspecified atom stereocenters. The van der Waals surface area contributed by atoms with Crippen molar-refractivity contribution in [1.82, 2.24) is 9.97 Å². The summed E-state index contributed by atoms with van der Waals surface area (Å²) in [7, 11) is 1.74. The Morgan fingerprint density at radius 1 is 1.15 bits per heavy atom. The Kier molecular flexibility index (Phi) is 5.16. The van der Waals surface area contributed by atoms with Gasteiger partial charge in [-0.05, 0) is 56.4 Å². The summed E-state index contributed by atoms with van der Waals surface area (Å²) in [6.07, 6.45) is 9.23. The van der Waals surface area contributed by atoms with Crippen molar-refractivity contribution in [2.75, 3.05) is 31.7 Å². The lowest BCUT2D eigenvalue weighted by atomic mass is 10.1. The summed E-state index contributed by atoms with van der Waals surface area (Å²) < 4.78 is 10.6. The minimum absolute atomic E-state index is 0.750. The van der Waals surface area contributed by atoms with Gasteiger partial charge in [-0.25, -0.2) is 4.98 Å². The van der Waals surface area contributed by atoms with Crippen molar-refractivity contribution in [3.63, 3.8) is 0 Å². The molecule has 0 bridgehead atoms. The second kappa shape index (κ2) is 7.87. The molecule has 136 valence electrons. The van der Waals surface area contributed by atoms with Crippen LogP contribution >= 0.6 is 0 Å². The van der Waals surface area contributed by atoms with Gasteiger partial charge in [-0.1, -0.05) is 0 Å². The largest absolute Gasteiger partial charge is 0.464 e. The molecule has 0 saturated carbocycles. The van der Waals surface area contributed by atoms with Crippen LogP contribution in [-0.4, -0.2) is 36.8 Å². The van der Waals surface area contributed by atoms with Gasteiger partial charge < -0.3 is 14.1 Å². The molecule has 0 spiro atoms. The minimum atomic E-state index is 0.750. The van der Waals surface area contributed by atoms with Crippen LogP contribution in [-0.2, 0) is 11.2 Å². The normalized spacial score (nSPS) is 14.9. The molecule has 3 aromatic rings. The molecule has 1 aliphatic heterocycles. The highest BCUT2D eigenvalue weighted by atomic mass is 16.5. The maximum atomic E-state index is 5.47. The van der Waals surface area contributed by atoms with E-state index in [1.807, 2.05) is 18.3 Å². The second-order valence-corrected chi connectivity index (χ2v) is 6.85. The van der Waals surface area contributed by atoms with E-state index in [1.165, 1.54) is 19.3 Å². The Balaban J connectivity index is 1.71. The summed E-state index contributed by atoms with van der Waals surface area (Å²) in [4.78, 5) is 12.2. The van der Waals surface area contributed by atoms with Crippen LogP contribution in [0, 0.1) is 0 Å². The molecule has 0 amide bonds. The molecule has 1 aromatic carbocycles. The van der Waals surface area contributed by atoms with Crippen LogP contribution in [0.1, 0.15) is 31.4 Å². The number of anilines is 1. The molecule has 4 rings (SSSR count). The van der Waals surface area contributed by atoms with Gasteiger partial charge in [-0.3, -0.25) is 4.98 Å². The van der Waals surface area contributed by atoms with E-state index in [9.17, 15) is 0 Å². The number of piperidine rings is 1. The van der Waals surface area contributed by atoms with Gasteiger partial charge in [0.2, 0.25) is 0 Å². The van der Waals surface area contributed by atoms with Gasteiger partial charge in [0, 0.05) is 44.0 Å². The Bertz CT molecular complexity index is 869. The maximum Gasteiger partial charge on any atom is 0.155 e. The third-order valence-corrected chi connectivity index (χ3v) is 4.97. The molecule has 26 heavy (non-hydrogen) atoms. The van der Waals surface area contributed by atoms with E-state index in [4.69, 9.17) is 19.1 Å². The number of ether oxygens (including phenoxy) is 1. The summed E-state index contributed by atoms with van der Waals surface area (Å²) in [5.41, 5.74) is 3.99. The number of aromatic nitrogens is 2. The van der Waals surface area contributed by atoms with Gasteiger partial charge in [0.05, 0.1) is 12.0 Å². The van der Waals surface area contributed by atoms with Crippen LogP contribution in [0.15, 0.2) is 41.1 Å². The lowest BCUT2D eigenvalue weighted by molar-refractivity contribution is 0.195. The molecule has 5 heteroatoms. The van der Waals surface area contributed by atoms with Gasteiger partial charge in [-0.15, -0.1) is 0 Å². The number of hydrogen-bond acceptors (Lipinski definition) is 5. The van der Waals surface area contributed by atoms with E-state index in [2.05, 4.69) is 17.0 Å². The Hall–Kier alpha value is -2.40. The highest BCUT2D eigenvalue weighted by Crippen LogP contribution is 2.31. The predicted octanol–water partition coefficient (Wildman–Crippen LogP) is 4.46. The fraction of sp³-hybridized carbons (Fsp3) is 0.429. The van der Waals surface area contributed by atoms with Crippen LogP contribution in [0.2, 0.25) is 0 Å². The zero-order valence-corrected chi connectivity index (χ0v) is 15.3. The Morgan fingerprint density at radius 3 is 2.88 bits per heavy atom. The molecule has 1 aliphatic rings. The van der Waals surface area contributed by atoms with Gasteiger partial charge >= 0.3 is 0 Å². The van der Waals surface area contributed by atoms with Crippen molar-refractivity contribution in [2.24, 2.45) is 0 Å². The summed E-state index contributed by atoms with van der Waals surface area (Å²) in [6.45, 7) is 2.86. The van der Waals surface area contributed by atoms with E-state index in [0.717, 1.165) is 66.3 Å². The standard InChI is InChI=1S/C21H25N3O2/c1-25-12-5-6-18-15-22-20(21(23-18)24-10-3-2-4-11-24)17-7-8-19-16(14-17)9-13-26-19/h7-9,13-15H,2-6,10-12H2,1H3. The molecule has 0 N–H and O–H groups in total. The summed E-state index contributed by atoms with van der Waals surface area (Å²) in [6, 6.07) is 8.22. The van der Waals surface area contributed by atoms with Crippen molar-refractivity contribution in [2.45, 2.75) is 32.1 Å². The molecular formula is C21H25N3O2. The third-order valence-electron chi connectivity index (χ3n) is 4.97. The van der Waals surface area contributed by atoms with Crippen LogP contribution in [0.3, 0.4) is 0 Å². The fourth-order valence-electron chi connectivity index (χ4n) is 3.58. The lowest BCUT2D eigenvalue weighted by Crippen LogP contribution is -2.31. The van der Waals surface area contributed by atoms with E-state index >= 15 is 0 Å². The molecule has 3 heterocycles. The monoisotopic (exact) mass is 351 g/mol. The number of furan rings is 1. The first-order valence-electron chi connectivity index (χ1n) is 9.42. The lowest BCUT2D eigenvalue weighted by Gasteiger charge is -2.29. The van der Waals surface area contributed by atoms with Crippen molar-refractivity contribution >= 4 is 16.8 Å². The number of nitrogens with zero attached hydrogens (tertiary/aromatic N) is 3. The van der Waals surface area contributed by atoms with Crippen molar-refractivity contribution in [3.05, 3.63) is 42.4 Å². The summed E-state index contributed by atoms with van der Waals surface area (Å²) in [5, 5.41) is 1.10. The number of rotatable bonds is 6. The molecule has 0 atom stereocenters. The molecule has 0 radical (unpaired) electrons. The smallest absolute Gasteiger partial charge is 0.155 e. The zero-order valence-electron chi connectivity index (χ0n) is 15.3. The van der Waals surface area contributed by atoms with Crippen LogP contribution in [0.4, 0.5) is 5.82 Å². The van der Waals surface area contributed by atoms with Crippen LogP contribution in [0.25, 0.3) is 22.2 Å². The Morgan fingerprint density at radius 2 is 2.04 bits per heavy atom. The van der Waals surface area contributed by atoms with E-state index < -0.39 is 0 Å². The van der Waals surface area contributed by atoms with E-state index in [0.29, 0.717) is 0 Å². The first-order chi connectivity index (χ1) is 12.8. The Labute approximate surface area is 154 Å². The maximum absolute atomic E-state index is 5.47. The number of aryl methyl sites for hydroxylation is 1. The molecular weight excluding hydrogens is 326 g/mol. The quantitative estimate of drug-likeness (QED) is 0.614. The van der Waals surface area contributed by atoms with Gasteiger partial charge in [0.1, 0.15) is 11.3 Å². The molecule has 1 fully saturated rings. The van der Waals surface area contributed by atoms with Crippen LogP contribution in [0.5, 0.6) is 0 Å². The number of hydrogen-bond donors (Lipinski definition) is 0. The van der Waals surface area contributed by atoms with Gasteiger partial charge in [0.15, 0.2) is 5.82 Å². The molecule has 1 saturated heterocycles. The summed E-state index contributed by atoms with van der Waals surface area (Å²) in [5.74, 6) is 1.02. The summed E-state index contributed by atoms with van der Waals surface area (Å²) >= 11 is 0. The SMILES string of the molecule is COCCCc1cnc(-c2ccc3occc3c2)c(N2CCCCC2)n1. The van der Waals surface area contributed by atoms with Crippen molar-refractivity contribution in [1.29, 1.82) is 0 Å². The second-order valence-electron chi connectivity index (χ2n) is 6.85. The van der Waals surface area contributed by atoms with Crippen LogP contribution < -0.4 is 4.90 Å². The first-order valence-corrected chi connectivity index (χ1v) is 9.42. The van der Waals surface area contributed by atoms with Gasteiger partial charge in [0.25, 0.3) is 0 Å². The number of benzene rings is 1. The van der Waals surface area contributed by atoms with Crippen molar-refractivity contribution < 1.29 is 9.15 Å². The number of fused-ring (bicyclic) bond motifs is 1. The van der Waals surface area contributed by atoms with E-state index in [-0.39, 0.29) is 0 Å². The highest BCUT2D eigenvalue weighted by Gasteiger charge is 2.19. The fourth-order valence-corrected chi connectivity index (χ4v) is 3.58. The van der Waals surface area contributed by atoms with E-state index in [1.54, 1.807) is 13.4 Å². The minimum Gasteiger partial charge on any atom is -0.464 e. The van der Waals surface area contributed by atoms with Crippen molar-refractivity contribution in [3.8, 4) is 11.3 Å². The number of methoxy groups -OCH3 is 1. The first kappa shape index (κ1) is 17.0. The third kappa shape index (κ3) is 3.58. The molecule has 0 aliphatic carbocycles. The highest BCUT2D eigenvalue weighted by molar-refractivity contribution is 5.85. The average molecular weight is 351 g/mol. The average Bonchev–Trinajstić information content (AvgIpc) is 3.16. The molecule has 2 aromatic heterocycles. The predicted molar refractivity (Wildman–Crippen MR) is 104 cm³/mol. The van der Waals surface area contributed by atoms with Gasteiger partial charge in [-0.2, -0.15) is 0 Å². The zero-order chi connectivity index (χ0) is 17.8.